The van der Waals surface area contributed by atoms with Gasteiger partial charge in [0.15, 0.2) is 0 Å². The Bertz CT molecular complexity index is 244. The molecule has 0 aromatic carbocycles. The lowest BCUT2D eigenvalue weighted by Crippen LogP contribution is -2.47. The van der Waals surface area contributed by atoms with Crippen LogP contribution in [0.2, 0.25) is 0 Å². The predicted molar refractivity (Wildman–Crippen MR) is 67.0 cm³/mol. The van der Waals surface area contributed by atoms with Crippen molar-refractivity contribution in [3.8, 4) is 0 Å². The van der Waals surface area contributed by atoms with Gasteiger partial charge < -0.3 is 11.1 Å². The summed E-state index contributed by atoms with van der Waals surface area (Å²) in [7, 11) is 0. The van der Waals surface area contributed by atoms with E-state index < -0.39 is 0 Å². The van der Waals surface area contributed by atoms with E-state index in [-0.39, 0.29) is 17.5 Å². The molecule has 1 saturated carbocycles. The molecular weight excluding hydrogens is 200 g/mol. The van der Waals surface area contributed by atoms with Gasteiger partial charge in [-0.3, -0.25) is 4.79 Å². The molecule has 0 bridgehead atoms. The molecule has 92 valence electrons. The molecule has 1 atom stereocenters. The molecular formula is C13H24N2O. The van der Waals surface area contributed by atoms with Crippen LogP contribution in [-0.4, -0.2) is 17.5 Å². The van der Waals surface area contributed by atoms with Gasteiger partial charge in [-0.1, -0.05) is 25.3 Å². The highest BCUT2D eigenvalue weighted by molar-refractivity contribution is 5.77. The first kappa shape index (κ1) is 13.2. The molecule has 3 nitrogen and oxygen atoms in total. The fraction of sp³-hybridized carbons (Fsp3) is 0.769. The average Bonchev–Trinajstić information content (AvgIpc) is 2.17. The van der Waals surface area contributed by atoms with Gasteiger partial charge in [-0.05, 0) is 26.2 Å². The number of nitrogens with one attached hydrogen (secondary N) is 1. The van der Waals surface area contributed by atoms with Crippen LogP contribution in [0.1, 0.15) is 51.9 Å². The van der Waals surface area contributed by atoms with Gasteiger partial charge in [0.05, 0.1) is 0 Å². The zero-order valence-corrected chi connectivity index (χ0v) is 10.3. The minimum absolute atomic E-state index is 0.0822. The summed E-state index contributed by atoms with van der Waals surface area (Å²) in [6.45, 7) is 5.65. The SMILES string of the molecule is C=CCC(C)NC(=O)CC1(N)CCCCC1. The highest BCUT2D eigenvalue weighted by atomic mass is 16.1. The van der Waals surface area contributed by atoms with Gasteiger partial charge in [-0.25, -0.2) is 0 Å². The molecule has 0 radical (unpaired) electrons. The molecule has 1 amide bonds. The minimum atomic E-state index is -0.254. The lowest BCUT2D eigenvalue weighted by molar-refractivity contribution is -0.123. The standard InChI is InChI=1S/C13H24N2O/c1-3-7-11(2)15-12(16)10-13(14)8-5-4-6-9-13/h3,11H,1,4-10,14H2,2H3,(H,15,16). The zero-order chi connectivity index (χ0) is 12.0. The molecule has 0 aliphatic heterocycles. The van der Waals surface area contributed by atoms with Crippen molar-refractivity contribution in [2.24, 2.45) is 5.73 Å². The van der Waals surface area contributed by atoms with Crippen LogP contribution in [0.25, 0.3) is 0 Å². The molecule has 0 spiro atoms. The normalized spacial score (nSPS) is 21.1. The first-order valence-corrected chi connectivity index (χ1v) is 6.25. The third kappa shape index (κ3) is 4.35. The van der Waals surface area contributed by atoms with Crippen molar-refractivity contribution in [2.45, 2.75) is 63.5 Å². The van der Waals surface area contributed by atoms with Crippen molar-refractivity contribution in [2.75, 3.05) is 0 Å². The van der Waals surface area contributed by atoms with Crippen LogP contribution in [0.5, 0.6) is 0 Å². The Hall–Kier alpha value is -0.830. The zero-order valence-electron chi connectivity index (χ0n) is 10.3. The summed E-state index contributed by atoms with van der Waals surface area (Å²) in [6.07, 6.45) is 8.64. The molecule has 3 heteroatoms. The van der Waals surface area contributed by atoms with E-state index in [1.165, 1.54) is 6.42 Å². The molecule has 1 fully saturated rings. The topological polar surface area (TPSA) is 55.1 Å². The second-order valence-electron chi connectivity index (χ2n) is 5.09. The maximum Gasteiger partial charge on any atom is 0.222 e. The Balaban J connectivity index is 2.34. The highest BCUT2D eigenvalue weighted by Crippen LogP contribution is 2.28. The Kier molecular flexibility index (Phi) is 5.00. The van der Waals surface area contributed by atoms with Crippen molar-refractivity contribution >= 4 is 5.91 Å². The monoisotopic (exact) mass is 224 g/mol. The molecule has 1 aliphatic carbocycles. The molecule has 1 unspecified atom stereocenters. The quantitative estimate of drug-likeness (QED) is 0.703. The van der Waals surface area contributed by atoms with E-state index in [0.29, 0.717) is 6.42 Å². The van der Waals surface area contributed by atoms with E-state index in [0.717, 1.165) is 32.1 Å². The van der Waals surface area contributed by atoms with Crippen molar-refractivity contribution in [3.63, 3.8) is 0 Å². The first-order chi connectivity index (χ1) is 7.56. The fourth-order valence-corrected chi connectivity index (χ4v) is 2.39. The van der Waals surface area contributed by atoms with E-state index in [1.807, 2.05) is 13.0 Å². The largest absolute Gasteiger partial charge is 0.353 e. The summed E-state index contributed by atoms with van der Waals surface area (Å²) >= 11 is 0. The van der Waals surface area contributed by atoms with E-state index in [2.05, 4.69) is 11.9 Å². The van der Waals surface area contributed by atoms with Crippen molar-refractivity contribution in [1.82, 2.24) is 5.32 Å². The van der Waals surface area contributed by atoms with Gasteiger partial charge in [0.1, 0.15) is 0 Å². The third-order valence-corrected chi connectivity index (χ3v) is 3.29. The number of hydrogen-bond donors (Lipinski definition) is 2. The summed E-state index contributed by atoms with van der Waals surface area (Å²) in [5, 5.41) is 2.96. The van der Waals surface area contributed by atoms with Crippen LogP contribution in [-0.2, 0) is 4.79 Å². The molecule has 0 saturated heterocycles. The summed E-state index contributed by atoms with van der Waals surface area (Å²) < 4.78 is 0. The lowest BCUT2D eigenvalue weighted by atomic mass is 9.80. The number of nitrogens with two attached hydrogens (primary N) is 1. The van der Waals surface area contributed by atoms with E-state index in [9.17, 15) is 4.79 Å². The molecule has 3 N–H and O–H groups in total. The number of carbonyl (C=O) groups excluding carboxylic acids is 1. The summed E-state index contributed by atoms with van der Waals surface area (Å²) in [6, 6.07) is 0.164. The number of carbonyl (C=O) groups is 1. The van der Waals surface area contributed by atoms with Crippen molar-refractivity contribution in [3.05, 3.63) is 12.7 Å². The van der Waals surface area contributed by atoms with E-state index >= 15 is 0 Å². The minimum Gasteiger partial charge on any atom is -0.353 e. The molecule has 1 aliphatic rings. The maximum atomic E-state index is 11.8. The molecule has 1 rings (SSSR count). The van der Waals surface area contributed by atoms with Gasteiger partial charge in [0.2, 0.25) is 5.91 Å². The summed E-state index contributed by atoms with van der Waals surface area (Å²) in [5.74, 6) is 0.0822. The van der Waals surface area contributed by atoms with Crippen LogP contribution in [0.15, 0.2) is 12.7 Å². The van der Waals surface area contributed by atoms with Gasteiger partial charge >= 0.3 is 0 Å². The maximum absolute atomic E-state index is 11.8. The van der Waals surface area contributed by atoms with E-state index in [1.54, 1.807) is 0 Å². The predicted octanol–water partition coefficient (Wildman–Crippen LogP) is 2.12. The van der Waals surface area contributed by atoms with Crippen molar-refractivity contribution < 1.29 is 4.79 Å². The highest BCUT2D eigenvalue weighted by Gasteiger charge is 2.30. The average molecular weight is 224 g/mol. The molecule has 16 heavy (non-hydrogen) atoms. The Morgan fingerprint density at radius 3 is 2.69 bits per heavy atom. The summed E-state index contributed by atoms with van der Waals surface area (Å²) in [4.78, 5) is 11.8. The molecule has 0 aromatic heterocycles. The fourth-order valence-electron chi connectivity index (χ4n) is 2.39. The number of rotatable bonds is 5. The van der Waals surface area contributed by atoms with Crippen LogP contribution >= 0.6 is 0 Å². The number of hydrogen-bond acceptors (Lipinski definition) is 2. The lowest BCUT2D eigenvalue weighted by Gasteiger charge is -2.33. The van der Waals surface area contributed by atoms with Gasteiger partial charge in [0, 0.05) is 18.0 Å². The first-order valence-electron chi connectivity index (χ1n) is 6.25. The molecule has 0 heterocycles. The Morgan fingerprint density at radius 2 is 2.12 bits per heavy atom. The number of amides is 1. The van der Waals surface area contributed by atoms with Crippen LogP contribution in [0, 0.1) is 0 Å². The van der Waals surface area contributed by atoms with Crippen LogP contribution in [0.4, 0.5) is 0 Å². The Labute approximate surface area is 98.5 Å². The Morgan fingerprint density at radius 1 is 1.50 bits per heavy atom. The van der Waals surface area contributed by atoms with E-state index in [4.69, 9.17) is 5.73 Å². The van der Waals surface area contributed by atoms with Crippen LogP contribution < -0.4 is 11.1 Å². The van der Waals surface area contributed by atoms with Gasteiger partial charge in [-0.15, -0.1) is 6.58 Å². The molecule has 0 aromatic rings. The second kappa shape index (κ2) is 6.04. The van der Waals surface area contributed by atoms with Gasteiger partial charge in [-0.2, -0.15) is 0 Å². The van der Waals surface area contributed by atoms with Crippen LogP contribution in [0.3, 0.4) is 0 Å². The summed E-state index contributed by atoms with van der Waals surface area (Å²) in [5.41, 5.74) is 5.97. The second-order valence-corrected chi connectivity index (χ2v) is 5.09. The third-order valence-electron chi connectivity index (χ3n) is 3.29. The van der Waals surface area contributed by atoms with Crippen molar-refractivity contribution in [1.29, 1.82) is 0 Å². The smallest absolute Gasteiger partial charge is 0.222 e. The van der Waals surface area contributed by atoms with Gasteiger partial charge in [0.25, 0.3) is 0 Å².